The Morgan fingerprint density at radius 2 is 1.34 bits per heavy atom. The van der Waals surface area contributed by atoms with Gasteiger partial charge in [-0.1, -0.05) is 157 Å². The Morgan fingerprint density at radius 3 is 2.08 bits per heavy atom. The highest BCUT2D eigenvalue weighted by Crippen LogP contribution is 2.53. The molecule has 4 nitrogen and oxygen atoms in total. The summed E-state index contributed by atoms with van der Waals surface area (Å²) in [4.78, 5) is 0. The van der Waals surface area contributed by atoms with Crippen molar-refractivity contribution >= 4 is 46.2 Å². The maximum absolute atomic E-state index is 7.19. The van der Waals surface area contributed by atoms with Gasteiger partial charge in [0.15, 0.2) is 22.8 Å². The maximum Gasteiger partial charge on any atom is 0.364 e. The first kappa shape index (κ1) is 39.7. The third kappa shape index (κ3) is 5.74. The van der Waals surface area contributed by atoms with Crippen LogP contribution >= 0.6 is 0 Å². The fraction of sp³-hybridized carbons (Fsp3) is 0.200. The van der Waals surface area contributed by atoms with E-state index in [0.29, 0.717) is 5.92 Å². The van der Waals surface area contributed by atoms with Gasteiger partial charge in [0.1, 0.15) is 16.8 Å². The molecule has 318 valence electrons. The summed E-state index contributed by atoms with van der Waals surface area (Å²) < 4.78 is 15.1. The second kappa shape index (κ2) is 14.1. The first-order valence-corrected chi connectivity index (χ1v) is 26.9. The first-order valence-electron chi connectivity index (χ1n) is 23.4. The van der Waals surface area contributed by atoms with Crippen LogP contribution in [0.2, 0.25) is 19.6 Å². The number of nitrogens with zero attached hydrogens (tertiary/aromatic N) is 3. The van der Waals surface area contributed by atoms with Crippen LogP contribution in [-0.4, -0.2) is 12.6 Å². The fourth-order valence-corrected chi connectivity index (χ4v) is 12.9. The Labute approximate surface area is 383 Å². The predicted octanol–water partition coefficient (Wildman–Crippen LogP) is 13.7. The Balaban J connectivity index is 1.30. The first-order chi connectivity index (χ1) is 31.3. The van der Waals surface area contributed by atoms with Crippen LogP contribution in [-0.2, 0) is 17.5 Å². The average molecular weight is 862 g/mol. The molecule has 12 rings (SSSR count). The molecule has 0 N–H and O–H groups in total. The van der Waals surface area contributed by atoms with Crippen molar-refractivity contribution in [1.82, 2.24) is 4.57 Å². The lowest BCUT2D eigenvalue weighted by molar-refractivity contribution is -0.944. The molecule has 5 heterocycles. The third-order valence-electron chi connectivity index (χ3n) is 14.2. The van der Waals surface area contributed by atoms with E-state index in [0.717, 1.165) is 51.0 Å². The molecule has 0 saturated carbocycles. The van der Waals surface area contributed by atoms with Crippen molar-refractivity contribution in [3.05, 3.63) is 192 Å². The Hall–Kier alpha value is -6.82. The second-order valence-corrected chi connectivity index (χ2v) is 25.9. The lowest BCUT2D eigenvalue weighted by Gasteiger charge is -2.24. The number of rotatable bonds is 6. The topological polar surface area (TPSA) is 25.8 Å². The molecule has 0 fully saturated rings. The summed E-state index contributed by atoms with van der Waals surface area (Å²) in [5, 5.41) is 3.77. The molecular weight excluding hydrogens is 807 g/mol. The van der Waals surface area contributed by atoms with Gasteiger partial charge in [-0.25, -0.2) is 0 Å². The Bertz CT molecular complexity index is 3560. The third-order valence-corrected chi connectivity index (χ3v) is 16.2. The summed E-state index contributed by atoms with van der Waals surface area (Å²) in [7, 11) is -1.89. The molecule has 3 aromatic heterocycles. The van der Waals surface area contributed by atoms with E-state index in [2.05, 4.69) is 238 Å². The normalized spacial score (nSPS) is 15.3. The lowest BCUT2D eigenvalue weighted by atomic mass is 9.85. The molecule has 0 aliphatic carbocycles. The number of para-hydroxylation sites is 3. The van der Waals surface area contributed by atoms with Crippen LogP contribution in [0.3, 0.4) is 0 Å². The quantitative estimate of drug-likeness (QED) is 0.121. The van der Waals surface area contributed by atoms with Crippen LogP contribution in [0.4, 0.5) is 0 Å². The molecular formula is C60H55N3OSi+2. The molecule has 10 aromatic rings. The zero-order chi connectivity index (χ0) is 44.6. The molecule has 0 saturated heterocycles. The summed E-state index contributed by atoms with van der Waals surface area (Å²) in [5.74, 6) is 1.64. The maximum atomic E-state index is 7.19. The van der Waals surface area contributed by atoms with E-state index in [1.54, 1.807) is 0 Å². The van der Waals surface area contributed by atoms with Gasteiger partial charge in [-0.3, -0.25) is 0 Å². The number of hydrogen-bond donors (Lipinski definition) is 0. The smallest absolute Gasteiger partial charge is 0.364 e. The van der Waals surface area contributed by atoms with Crippen LogP contribution in [0.1, 0.15) is 56.9 Å². The molecule has 1 atom stereocenters. The predicted molar refractivity (Wildman–Crippen MR) is 271 cm³/mol. The van der Waals surface area contributed by atoms with E-state index in [-0.39, 0.29) is 5.41 Å². The van der Waals surface area contributed by atoms with Crippen molar-refractivity contribution < 1.29 is 13.6 Å². The van der Waals surface area contributed by atoms with E-state index in [4.69, 9.17) is 4.42 Å². The number of fused-ring (bicyclic) bond motifs is 16. The number of pyridine rings is 1. The molecule has 0 radical (unpaired) electrons. The van der Waals surface area contributed by atoms with Gasteiger partial charge in [0.25, 0.3) is 0 Å². The summed E-state index contributed by atoms with van der Waals surface area (Å²) in [6.07, 6.45) is 3.63. The summed E-state index contributed by atoms with van der Waals surface area (Å²) >= 11 is 0. The number of imidazole rings is 1. The standard InChI is InChI=1S/C60H55N3OSi/c1-38(2)33-42-35-53-47-34-41(39-19-11-9-12-20-39)27-30-48(47)60(61(53)37-55(42)65(6,7)8)49-31-29-45-44-23-15-18-26-54(44)64-57(45)56(49)58-62(51-24-16-17-25-52(51)63(58)60)50-32-28-43(59(3,4)5)36-46(50)40-21-13-10-14-22-40/h9-32,34-38H,33H2,1-8H3/q+2. The van der Waals surface area contributed by atoms with Crippen LogP contribution in [0.25, 0.3) is 83.6 Å². The number of furan rings is 1. The van der Waals surface area contributed by atoms with Crippen LogP contribution < -0.4 is 14.3 Å². The fourth-order valence-electron chi connectivity index (χ4n) is 11.3. The Kier molecular flexibility index (Phi) is 8.61. The lowest BCUT2D eigenvalue weighted by Crippen LogP contribution is -2.72. The highest BCUT2D eigenvalue weighted by Gasteiger charge is 2.67. The highest BCUT2D eigenvalue weighted by atomic mass is 28.3. The molecule has 65 heavy (non-hydrogen) atoms. The minimum atomic E-state index is -1.89. The van der Waals surface area contributed by atoms with Gasteiger partial charge in [-0.2, -0.15) is 4.57 Å². The van der Waals surface area contributed by atoms with Gasteiger partial charge in [0.05, 0.1) is 24.8 Å². The molecule has 1 unspecified atom stereocenters. The molecule has 7 aromatic carbocycles. The number of benzene rings is 7. The van der Waals surface area contributed by atoms with Crippen LogP contribution in [0, 0.1) is 5.92 Å². The van der Waals surface area contributed by atoms with Crippen molar-refractivity contribution in [2.24, 2.45) is 5.92 Å². The van der Waals surface area contributed by atoms with Gasteiger partial charge in [0.2, 0.25) is 5.69 Å². The summed E-state index contributed by atoms with van der Waals surface area (Å²) in [5.41, 5.74) is 18.2. The van der Waals surface area contributed by atoms with Crippen LogP contribution in [0.5, 0.6) is 0 Å². The molecule has 0 bridgehead atoms. The zero-order valence-electron chi connectivity index (χ0n) is 38.7. The van der Waals surface area contributed by atoms with Gasteiger partial charge in [0, 0.05) is 27.6 Å². The van der Waals surface area contributed by atoms with E-state index < -0.39 is 13.7 Å². The summed E-state index contributed by atoms with van der Waals surface area (Å²) in [6.45, 7) is 19.2. The second-order valence-electron chi connectivity index (χ2n) is 20.9. The van der Waals surface area contributed by atoms with Crippen molar-refractivity contribution in [3.8, 4) is 50.6 Å². The SMILES string of the molecule is CC(C)Cc1cc2[n+](cc1[Si](C)(C)C)C1(c3ccc(-c4ccccc4)cc3-2)c2ccc3c(oc4ccccc43)c2-c2n(-c3ccc(C(C)(C)C)cc3-c3ccccc3)c3ccccc3[n+]21. The largest absolute Gasteiger partial charge is 0.455 e. The van der Waals surface area contributed by atoms with Gasteiger partial charge in [-0.15, -0.1) is 9.13 Å². The van der Waals surface area contributed by atoms with Crippen LogP contribution in [0.15, 0.2) is 174 Å². The molecule has 5 heteroatoms. The van der Waals surface area contributed by atoms with Crippen molar-refractivity contribution in [3.63, 3.8) is 0 Å². The molecule has 2 aliphatic rings. The van der Waals surface area contributed by atoms with E-state index in [9.17, 15) is 0 Å². The minimum absolute atomic E-state index is 0.0381. The molecule has 0 amide bonds. The van der Waals surface area contributed by atoms with E-state index in [1.165, 1.54) is 66.5 Å². The van der Waals surface area contributed by atoms with Crippen molar-refractivity contribution in [2.75, 3.05) is 0 Å². The van der Waals surface area contributed by atoms with Gasteiger partial charge < -0.3 is 4.42 Å². The van der Waals surface area contributed by atoms with E-state index >= 15 is 0 Å². The Morgan fingerprint density at radius 1 is 0.646 bits per heavy atom. The summed E-state index contributed by atoms with van der Waals surface area (Å²) in [6, 6.07) is 61.2. The monoisotopic (exact) mass is 861 g/mol. The highest BCUT2D eigenvalue weighted by molar-refractivity contribution is 6.89. The van der Waals surface area contributed by atoms with E-state index in [1.807, 2.05) is 0 Å². The van der Waals surface area contributed by atoms with Crippen molar-refractivity contribution in [2.45, 2.75) is 71.8 Å². The zero-order valence-corrected chi connectivity index (χ0v) is 39.7. The average Bonchev–Trinajstić information content (AvgIpc) is 4.01. The number of hydrogen-bond acceptors (Lipinski definition) is 1. The molecule has 1 spiro atoms. The van der Waals surface area contributed by atoms with Gasteiger partial charge in [-0.05, 0) is 100 Å². The number of aromatic nitrogens is 3. The minimum Gasteiger partial charge on any atom is -0.455 e. The molecule has 2 aliphatic heterocycles. The van der Waals surface area contributed by atoms with Gasteiger partial charge >= 0.3 is 11.5 Å². The van der Waals surface area contributed by atoms with Crippen molar-refractivity contribution in [1.29, 1.82) is 0 Å².